The molecule has 0 radical (unpaired) electrons. The van der Waals surface area contributed by atoms with E-state index in [1.807, 2.05) is 6.07 Å². The fourth-order valence-corrected chi connectivity index (χ4v) is 1.06. The number of carboxylic acids is 1. The number of nitriles is 1. The van der Waals surface area contributed by atoms with E-state index in [-0.39, 0.29) is 0 Å². The molecule has 0 heterocycles. The Bertz CT molecular complexity index is 152. The minimum Gasteiger partial charge on any atom is -0.480 e. The van der Waals surface area contributed by atoms with Gasteiger partial charge in [0.1, 0.15) is 0 Å². The number of hydrogen-bond donors (Lipinski definition) is 1. The second-order valence-corrected chi connectivity index (χ2v) is 3.21. The first-order valence-corrected chi connectivity index (χ1v) is 3.94. The Morgan fingerprint density at radius 2 is 2.50 bits per heavy atom. The van der Waals surface area contributed by atoms with Gasteiger partial charge in [0.15, 0.2) is 0 Å². The smallest absolute Gasteiger partial charge is 0.316 e. The van der Waals surface area contributed by atoms with E-state index < -0.39 is 11.2 Å². The van der Waals surface area contributed by atoms with Gasteiger partial charge in [-0.1, -0.05) is 0 Å². The van der Waals surface area contributed by atoms with Crippen molar-refractivity contribution in [2.24, 2.45) is 0 Å². The van der Waals surface area contributed by atoms with Crippen LogP contribution in [0.3, 0.4) is 0 Å². The van der Waals surface area contributed by atoms with Crippen LogP contribution in [-0.2, 0) is 4.79 Å². The van der Waals surface area contributed by atoms with E-state index in [4.69, 9.17) is 10.4 Å². The molecule has 0 aromatic heterocycles. The van der Waals surface area contributed by atoms with Crippen LogP contribution in [0.2, 0.25) is 0 Å². The van der Waals surface area contributed by atoms with Gasteiger partial charge in [-0.3, -0.25) is 4.79 Å². The van der Waals surface area contributed by atoms with E-state index >= 15 is 0 Å². The Labute approximate surface area is 64.0 Å². The quantitative estimate of drug-likeness (QED) is 0.624. The van der Waals surface area contributed by atoms with Gasteiger partial charge < -0.3 is 5.11 Å². The van der Waals surface area contributed by atoms with E-state index in [0.29, 0.717) is 12.2 Å². The molecule has 0 bridgehead atoms. The third-order valence-corrected chi connectivity index (χ3v) is 2.07. The summed E-state index contributed by atoms with van der Waals surface area (Å²) < 4.78 is 0. The minimum atomic E-state index is -0.817. The largest absolute Gasteiger partial charge is 0.480 e. The first-order chi connectivity index (χ1) is 4.68. The lowest BCUT2D eigenvalue weighted by Crippen LogP contribution is -2.11. The van der Waals surface area contributed by atoms with Crippen molar-refractivity contribution in [1.29, 1.82) is 5.26 Å². The summed E-state index contributed by atoms with van der Waals surface area (Å²) in [5, 5.41) is 16.1. The van der Waals surface area contributed by atoms with Gasteiger partial charge >= 0.3 is 5.97 Å². The number of carboxylic acid groups (broad SMARTS) is 1. The van der Waals surface area contributed by atoms with Gasteiger partial charge in [-0.2, -0.15) is 5.26 Å². The van der Waals surface area contributed by atoms with Crippen molar-refractivity contribution in [2.75, 3.05) is 5.75 Å². The zero-order valence-electron chi connectivity index (χ0n) is 5.70. The molecule has 0 spiro atoms. The zero-order valence-corrected chi connectivity index (χ0v) is 6.52. The molecule has 3 nitrogen and oxygen atoms in total. The second kappa shape index (κ2) is 5.12. The summed E-state index contributed by atoms with van der Waals surface area (Å²) in [6.45, 7) is 1.62. The molecule has 0 amide bonds. The van der Waals surface area contributed by atoms with Gasteiger partial charge in [0.25, 0.3) is 0 Å². The molecule has 0 fully saturated rings. The summed E-state index contributed by atoms with van der Waals surface area (Å²) in [7, 11) is 0. The summed E-state index contributed by atoms with van der Waals surface area (Å²) in [5.41, 5.74) is 0. The van der Waals surface area contributed by atoms with E-state index in [0.717, 1.165) is 0 Å². The molecule has 1 N–H and O–H groups in total. The third-order valence-electron chi connectivity index (χ3n) is 0.929. The van der Waals surface area contributed by atoms with Crippen molar-refractivity contribution in [1.82, 2.24) is 0 Å². The number of thioether (sulfide) groups is 1. The summed E-state index contributed by atoms with van der Waals surface area (Å²) in [6, 6.07) is 1.95. The van der Waals surface area contributed by atoms with E-state index in [1.165, 1.54) is 11.8 Å². The second-order valence-electron chi connectivity index (χ2n) is 1.76. The van der Waals surface area contributed by atoms with E-state index in [2.05, 4.69) is 0 Å². The zero-order chi connectivity index (χ0) is 7.98. The molecule has 1 unspecified atom stereocenters. The highest BCUT2D eigenvalue weighted by molar-refractivity contribution is 8.00. The van der Waals surface area contributed by atoms with Crippen LogP contribution >= 0.6 is 11.8 Å². The van der Waals surface area contributed by atoms with Crippen LogP contribution in [0.1, 0.15) is 13.3 Å². The molecular weight excluding hydrogens is 150 g/mol. The monoisotopic (exact) mass is 159 g/mol. The molecule has 0 rings (SSSR count). The molecular formula is C6H9NO2S. The van der Waals surface area contributed by atoms with Gasteiger partial charge in [-0.25, -0.2) is 0 Å². The van der Waals surface area contributed by atoms with Crippen LogP contribution in [0.15, 0.2) is 0 Å². The van der Waals surface area contributed by atoms with Gasteiger partial charge in [-0.15, -0.1) is 11.8 Å². The Hall–Kier alpha value is -0.690. The number of carbonyl (C=O) groups is 1. The Morgan fingerprint density at radius 3 is 2.90 bits per heavy atom. The Morgan fingerprint density at radius 1 is 1.90 bits per heavy atom. The van der Waals surface area contributed by atoms with E-state index in [9.17, 15) is 4.79 Å². The van der Waals surface area contributed by atoms with Crippen molar-refractivity contribution in [3.63, 3.8) is 0 Å². The Kier molecular flexibility index (Phi) is 4.77. The first-order valence-electron chi connectivity index (χ1n) is 2.90. The molecule has 0 saturated carbocycles. The fraction of sp³-hybridized carbons (Fsp3) is 0.667. The summed E-state index contributed by atoms with van der Waals surface area (Å²) >= 11 is 1.29. The molecule has 0 aromatic rings. The lowest BCUT2D eigenvalue weighted by atomic mass is 10.5. The number of rotatable bonds is 4. The van der Waals surface area contributed by atoms with Gasteiger partial charge in [0.05, 0.1) is 11.3 Å². The normalized spacial score (nSPS) is 12.0. The molecule has 0 aliphatic carbocycles. The predicted molar refractivity (Wildman–Crippen MR) is 39.8 cm³/mol. The lowest BCUT2D eigenvalue weighted by molar-refractivity contribution is -0.136. The molecule has 0 aliphatic heterocycles. The highest BCUT2D eigenvalue weighted by atomic mass is 32.2. The summed E-state index contributed by atoms with van der Waals surface area (Å²) in [4.78, 5) is 10.2. The molecule has 0 aromatic carbocycles. The van der Waals surface area contributed by atoms with Crippen LogP contribution in [0.25, 0.3) is 0 Å². The van der Waals surface area contributed by atoms with Crippen molar-refractivity contribution in [3.05, 3.63) is 0 Å². The maximum atomic E-state index is 10.2. The highest BCUT2D eigenvalue weighted by Gasteiger charge is 2.09. The highest BCUT2D eigenvalue weighted by Crippen LogP contribution is 2.10. The Balaban J connectivity index is 3.32. The SMILES string of the molecule is CC(SCCC#N)C(=O)O. The topological polar surface area (TPSA) is 61.1 Å². The molecule has 1 atom stereocenters. The fourth-order valence-electron chi connectivity index (χ4n) is 0.353. The lowest BCUT2D eigenvalue weighted by Gasteiger charge is -2.01. The van der Waals surface area contributed by atoms with Crippen LogP contribution < -0.4 is 0 Å². The van der Waals surface area contributed by atoms with Crippen molar-refractivity contribution >= 4 is 17.7 Å². The number of nitrogens with zero attached hydrogens (tertiary/aromatic N) is 1. The summed E-state index contributed by atoms with van der Waals surface area (Å²) in [6.07, 6.45) is 0.419. The third kappa shape index (κ3) is 4.21. The average Bonchev–Trinajstić information content (AvgIpc) is 1.88. The molecule has 0 saturated heterocycles. The van der Waals surface area contributed by atoms with Crippen LogP contribution in [0.4, 0.5) is 0 Å². The maximum absolute atomic E-state index is 10.2. The van der Waals surface area contributed by atoms with Crippen molar-refractivity contribution in [2.45, 2.75) is 18.6 Å². The maximum Gasteiger partial charge on any atom is 0.316 e. The minimum absolute atomic E-state index is 0.395. The molecule has 10 heavy (non-hydrogen) atoms. The van der Waals surface area contributed by atoms with Crippen molar-refractivity contribution < 1.29 is 9.90 Å². The van der Waals surface area contributed by atoms with Crippen molar-refractivity contribution in [3.8, 4) is 6.07 Å². The van der Waals surface area contributed by atoms with Crippen LogP contribution in [-0.4, -0.2) is 22.1 Å². The molecule has 0 aliphatic rings. The van der Waals surface area contributed by atoms with Gasteiger partial charge in [0, 0.05) is 12.2 Å². The standard InChI is InChI=1S/C6H9NO2S/c1-5(6(8)9)10-4-2-3-7/h5H,2,4H2,1H3,(H,8,9). The number of aliphatic carboxylic acids is 1. The van der Waals surface area contributed by atoms with Gasteiger partial charge in [-0.05, 0) is 6.92 Å². The van der Waals surface area contributed by atoms with Gasteiger partial charge in [0.2, 0.25) is 0 Å². The predicted octanol–water partition coefficient (Wildman–Crippen LogP) is 1.11. The van der Waals surface area contributed by atoms with Crippen LogP contribution in [0.5, 0.6) is 0 Å². The molecule has 4 heteroatoms. The average molecular weight is 159 g/mol. The van der Waals surface area contributed by atoms with Crippen LogP contribution in [0, 0.1) is 11.3 Å². The number of hydrogen-bond acceptors (Lipinski definition) is 3. The van der Waals surface area contributed by atoms with E-state index in [1.54, 1.807) is 6.92 Å². The molecule has 56 valence electrons. The first kappa shape index (κ1) is 9.31. The summed E-state index contributed by atoms with van der Waals surface area (Å²) in [5.74, 6) is -0.216.